The lowest BCUT2D eigenvalue weighted by molar-refractivity contribution is 0.0930. The number of ether oxygens (including phenoxy) is 1. The van der Waals surface area contributed by atoms with Crippen molar-refractivity contribution in [2.75, 3.05) is 20.3 Å². The van der Waals surface area contributed by atoms with Crippen molar-refractivity contribution in [2.45, 2.75) is 6.92 Å². The Morgan fingerprint density at radius 2 is 2.22 bits per heavy atom. The summed E-state index contributed by atoms with van der Waals surface area (Å²) in [6, 6.07) is 9.71. The maximum atomic E-state index is 11.9. The number of hydrogen-bond donors (Lipinski definition) is 2. The molecular weight excluding hydrogens is 228 g/mol. The molecule has 1 amide bonds. The van der Waals surface area contributed by atoms with Crippen molar-refractivity contribution in [3.63, 3.8) is 0 Å². The first kappa shape index (κ1) is 12.6. The van der Waals surface area contributed by atoms with Gasteiger partial charge in [0.1, 0.15) is 5.69 Å². The molecule has 0 radical (unpaired) electrons. The number of carbonyl (C=O) groups is 1. The number of aromatic nitrogens is 1. The van der Waals surface area contributed by atoms with Crippen LogP contribution < -0.4 is 5.32 Å². The highest BCUT2D eigenvalue weighted by molar-refractivity contribution is 5.97. The molecular formula is C14H18N2O2. The van der Waals surface area contributed by atoms with Gasteiger partial charge in [0.2, 0.25) is 0 Å². The largest absolute Gasteiger partial charge is 0.384 e. The van der Waals surface area contributed by atoms with Crippen LogP contribution in [-0.4, -0.2) is 31.2 Å². The van der Waals surface area contributed by atoms with E-state index in [1.807, 2.05) is 37.3 Å². The average molecular weight is 246 g/mol. The van der Waals surface area contributed by atoms with E-state index < -0.39 is 0 Å². The molecule has 1 atom stereocenters. The molecule has 96 valence electrons. The van der Waals surface area contributed by atoms with Gasteiger partial charge in [-0.1, -0.05) is 25.1 Å². The summed E-state index contributed by atoms with van der Waals surface area (Å²) in [6.07, 6.45) is 0. The quantitative estimate of drug-likeness (QED) is 0.849. The van der Waals surface area contributed by atoms with Crippen molar-refractivity contribution in [3.05, 3.63) is 36.0 Å². The van der Waals surface area contributed by atoms with Crippen LogP contribution in [0.15, 0.2) is 30.3 Å². The highest BCUT2D eigenvalue weighted by Crippen LogP contribution is 2.14. The number of para-hydroxylation sites is 1. The molecule has 18 heavy (non-hydrogen) atoms. The molecule has 1 aromatic carbocycles. The Balaban J connectivity index is 2.00. The number of rotatable bonds is 5. The molecule has 0 fully saturated rings. The fourth-order valence-corrected chi connectivity index (χ4v) is 1.90. The van der Waals surface area contributed by atoms with Gasteiger partial charge in [-0.05, 0) is 18.1 Å². The summed E-state index contributed by atoms with van der Waals surface area (Å²) in [6.45, 7) is 3.30. The molecule has 0 spiro atoms. The molecule has 1 aromatic heterocycles. The minimum Gasteiger partial charge on any atom is -0.384 e. The lowest BCUT2D eigenvalue weighted by Gasteiger charge is -2.10. The molecule has 0 aliphatic heterocycles. The Bertz CT molecular complexity index is 500. The predicted molar refractivity (Wildman–Crippen MR) is 71.7 cm³/mol. The maximum absolute atomic E-state index is 11.9. The van der Waals surface area contributed by atoms with E-state index in [0.29, 0.717) is 24.8 Å². The van der Waals surface area contributed by atoms with Gasteiger partial charge >= 0.3 is 0 Å². The van der Waals surface area contributed by atoms with Crippen molar-refractivity contribution in [1.29, 1.82) is 0 Å². The summed E-state index contributed by atoms with van der Waals surface area (Å²) in [5.74, 6) is 0.234. The van der Waals surface area contributed by atoms with Crippen LogP contribution >= 0.6 is 0 Å². The molecule has 1 unspecified atom stereocenters. The smallest absolute Gasteiger partial charge is 0.267 e. The summed E-state index contributed by atoms with van der Waals surface area (Å²) in [5.41, 5.74) is 1.58. The van der Waals surface area contributed by atoms with E-state index in [-0.39, 0.29) is 5.91 Å². The Morgan fingerprint density at radius 1 is 1.44 bits per heavy atom. The van der Waals surface area contributed by atoms with Crippen molar-refractivity contribution in [1.82, 2.24) is 10.3 Å². The highest BCUT2D eigenvalue weighted by atomic mass is 16.5. The maximum Gasteiger partial charge on any atom is 0.267 e. The highest BCUT2D eigenvalue weighted by Gasteiger charge is 2.10. The van der Waals surface area contributed by atoms with Crippen LogP contribution in [0.4, 0.5) is 0 Å². The molecule has 1 heterocycles. The van der Waals surface area contributed by atoms with Crippen LogP contribution in [0.25, 0.3) is 10.9 Å². The van der Waals surface area contributed by atoms with Gasteiger partial charge in [-0.2, -0.15) is 0 Å². The fourth-order valence-electron chi connectivity index (χ4n) is 1.90. The Labute approximate surface area is 106 Å². The molecule has 2 N–H and O–H groups in total. The average Bonchev–Trinajstić information content (AvgIpc) is 2.80. The topological polar surface area (TPSA) is 54.1 Å². The monoisotopic (exact) mass is 246 g/mol. The standard InChI is InChI=1S/C14H18N2O2/c1-10(9-18-2)8-15-14(17)13-7-11-5-3-4-6-12(11)16-13/h3-7,10,16H,8-9H2,1-2H3,(H,15,17). The van der Waals surface area contributed by atoms with Crippen molar-refractivity contribution in [3.8, 4) is 0 Å². The Hall–Kier alpha value is -1.81. The molecule has 2 aromatic rings. The number of aromatic amines is 1. The predicted octanol–water partition coefficient (Wildman–Crippen LogP) is 2.18. The van der Waals surface area contributed by atoms with E-state index >= 15 is 0 Å². The fraction of sp³-hybridized carbons (Fsp3) is 0.357. The number of H-pyrrole nitrogens is 1. The second-order valence-electron chi connectivity index (χ2n) is 4.54. The van der Waals surface area contributed by atoms with Crippen molar-refractivity contribution in [2.24, 2.45) is 5.92 Å². The van der Waals surface area contributed by atoms with Crippen molar-refractivity contribution >= 4 is 16.8 Å². The van der Waals surface area contributed by atoms with Crippen LogP contribution in [-0.2, 0) is 4.74 Å². The van der Waals surface area contributed by atoms with E-state index in [1.165, 1.54) is 0 Å². The lowest BCUT2D eigenvalue weighted by atomic mass is 10.2. The Morgan fingerprint density at radius 3 is 2.94 bits per heavy atom. The number of methoxy groups -OCH3 is 1. The van der Waals surface area contributed by atoms with Gasteiger partial charge in [0, 0.05) is 24.6 Å². The molecule has 0 saturated heterocycles. The summed E-state index contributed by atoms with van der Waals surface area (Å²) in [7, 11) is 1.66. The van der Waals surface area contributed by atoms with Crippen molar-refractivity contribution < 1.29 is 9.53 Å². The first-order valence-electron chi connectivity index (χ1n) is 6.05. The number of fused-ring (bicyclic) bond motifs is 1. The number of carbonyl (C=O) groups excluding carboxylic acids is 1. The number of amides is 1. The van der Waals surface area contributed by atoms with Gasteiger partial charge in [-0.15, -0.1) is 0 Å². The third-order valence-electron chi connectivity index (χ3n) is 2.84. The molecule has 4 nitrogen and oxygen atoms in total. The van der Waals surface area contributed by atoms with Crippen LogP contribution in [0.3, 0.4) is 0 Å². The second-order valence-corrected chi connectivity index (χ2v) is 4.54. The van der Waals surface area contributed by atoms with Gasteiger partial charge in [0.25, 0.3) is 5.91 Å². The van der Waals surface area contributed by atoms with Gasteiger partial charge < -0.3 is 15.0 Å². The van der Waals surface area contributed by atoms with E-state index in [1.54, 1.807) is 7.11 Å². The second kappa shape index (κ2) is 5.69. The Kier molecular flexibility index (Phi) is 3.99. The third-order valence-corrected chi connectivity index (χ3v) is 2.84. The zero-order valence-corrected chi connectivity index (χ0v) is 10.7. The van der Waals surface area contributed by atoms with Gasteiger partial charge in [0.05, 0.1) is 6.61 Å². The van der Waals surface area contributed by atoms with E-state index in [0.717, 1.165) is 10.9 Å². The van der Waals surface area contributed by atoms with Gasteiger partial charge in [-0.3, -0.25) is 4.79 Å². The summed E-state index contributed by atoms with van der Waals surface area (Å²) >= 11 is 0. The van der Waals surface area contributed by atoms with Crippen LogP contribution in [0.2, 0.25) is 0 Å². The summed E-state index contributed by atoms with van der Waals surface area (Å²) in [4.78, 5) is 15.0. The lowest BCUT2D eigenvalue weighted by Crippen LogP contribution is -2.30. The minimum absolute atomic E-state index is 0.0749. The molecule has 2 rings (SSSR count). The van der Waals surface area contributed by atoms with Crippen LogP contribution in [0, 0.1) is 5.92 Å². The SMILES string of the molecule is COCC(C)CNC(=O)c1cc2ccccc2[nH]1. The van der Waals surface area contributed by atoms with E-state index in [4.69, 9.17) is 4.74 Å². The molecule has 4 heteroatoms. The van der Waals surface area contributed by atoms with E-state index in [2.05, 4.69) is 10.3 Å². The number of hydrogen-bond acceptors (Lipinski definition) is 2. The zero-order chi connectivity index (χ0) is 13.0. The number of benzene rings is 1. The molecule has 0 aliphatic carbocycles. The third kappa shape index (κ3) is 2.90. The van der Waals surface area contributed by atoms with Crippen LogP contribution in [0.1, 0.15) is 17.4 Å². The minimum atomic E-state index is -0.0749. The molecule has 0 saturated carbocycles. The van der Waals surface area contributed by atoms with Crippen LogP contribution in [0.5, 0.6) is 0 Å². The van der Waals surface area contributed by atoms with Gasteiger partial charge in [-0.25, -0.2) is 0 Å². The normalized spacial score (nSPS) is 12.6. The summed E-state index contributed by atoms with van der Waals surface area (Å²) in [5, 5.41) is 3.94. The van der Waals surface area contributed by atoms with E-state index in [9.17, 15) is 4.79 Å². The molecule has 0 bridgehead atoms. The molecule has 0 aliphatic rings. The van der Waals surface area contributed by atoms with Gasteiger partial charge in [0.15, 0.2) is 0 Å². The number of nitrogens with one attached hydrogen (secondary N) is 2. The zero-order valence-electron chi connectivity index (χ0n) is 10.7. The first-order valence-corrected chi connectivity index (χ1v) is 6.05. The first-order chi connectivity index (χ1) is 8.70. The summed E-state index contributed by atoms with van der Waals surface area (Å²) < 4.78 is 5.03.